The van der Waals surface area contributed by atoms with Crippen molar-refractivity contribution in [2.45, 2.75) is 19.9 Å². The van der Waals surface area contributed by atoms with Crippen LogP contribution in [0.25, 0.3) is 11.3 Å². The van der Waals surface area contributed by atoms with Gasteiger partial charge in [-0.05, 0) is 24.8 Å². The van der Waals surface area contributed by atoms with Crippen LogP contribution in [0.2, 0.25) is 0 Å². The van der Waals surface area contributed by atoms with Crippen LogP contribution < -0.4 is 5.73 Å². The monoisotopic (exact) mass is 262 g/mol. The maximum absolute atomic E-state index is 5.73. The van der Waals surface area contributed by atoms with Crippen molar-refractivity contribution in [1.82, 2.24) is 14.5 Å². The van der Waals surface area contributed by atoms with Crippen molar-refractivity contribution < 1.29 is 0 Å². The van der Waals surface area contributed by atoms with Crippen molar-refractivity contribution in [2.24, 2.45) is 0 Å². The first-order chi connectivity index (χ1) is 8.72. The van der Waals surface area contributed by atoms with Crippen molar-refractivity contribution in [3.8, 4) is 11.3 Å². The van der Waals surface area contributed by atoms with Crippen molar-refractivity contribution in [2.75, 3.05) is 17.2 Å². The molecule has 0 aliphatic carbocycles. The van der Waals surface area contributed by atoms with E-state index < -0.39 is 0 Å². The van der Waals surface area contributed by atoms with Crippen LogP contribution in [0.15, 0.2) is 30.9 Å². The molecule has 0 aromatic carbocycles. The van der Waals surface area contributed by atoms with Crippen LogP contribution in [0.3, 0.4) is 0 Å². The second-order valence-corrected chi connectivity index (χ2v) is 5.48. The van der Waals surface area contributed by atoms with Gasteiger partial charge in [-0.1, -0.05) is 6.92 Å². The Labute approximate surface area is 112 Å². The largest absolute Gasteiger partial charge is 0.384 e. The van der Waals surface area contributed by atoms with Crippen molar-refractivity contribution >= 4 is 17.6 Å². The Kier molecular flexibility index (Phi) is 4.25. The molecule has 2 heterocycles. The predicted molar refractivity (Wildman–Crippen MR) is 77.6 cm³/mol. The van der Waals surface area contributed by atoms with E-state index in [2.05, 4.69) is 28.4 Å². The third-order valence-corrected chi connectivity index (χ3v) is 3.91. The highest BCUT2D eigenvalue weighted by Crippen LogP contribution is 2.24. The SMILES string of the molecule is CCSCC(C)n1cncc1-c1ccnc(N)c1. The van der Waals surface area contributed by atoms with E-state index in [0.717, 1.165) is 22.8 Å². The fourth-order valence-electron chi connectivity index (χ4n) is 1.86. The number of hydrogen-bond acceptors (Lipinski definition) is 4. The molecule has 2 aromatic heterocycles. The second kappa shape index (κ2) is 5.91. The number of rotatable bonds is 5. The first-order valence-corrected chi connectivity index (χ1v) is 7.19. The zero-order chi connectivity index (χ0) is 13.0. The molecule has 4 nitrogen and oxygen atoms in total. The number of nitrogens with zero attached hydrogens (tertiary/aromatic N) is 3. The smallest absolute Gasteiger partial charge is 0.123 e. The standard InChI is InChI=1S/C13H18N4S/c1-3-18-8-10(2)17-9-15-7-12(17)11-4-5-16-13(14)6-11/h4-7,9-10H,3,8H2,1-2H3,(H2,14,16). The normalized spacial score (nSPS) is 12.6. The van der Waals surface area contributed by atoms with Gasteiger partial charge in [0.1, 0.15) is 5.82 Å². The van der Waals surface area contributed by atoms with E-state index in [0.29, 0.717) is 11.9 Å². The number of nitrogen functional groups attached to an aromatic ring is 1. The van der Waals surface area contributed by atoms with Crippen molar-refractivity contribution in [1.29, 1.82) is 0 Å². The molecule has 0 aliphatic heterocycles. The molecule has 1 unspecified atom stereocenters. The highest BCUT2D eigenvalue weighted by Gasteiger charge is 2.11. The molecule has 1 atom stereocenters. The minimum absolute atomic E-state index is 0.418. The topological polar surface area (TPSA) is 56.7 Å². The van der Waals surface area contributed by atoms with E-state index in [9.17, 15) is 0 Å². The minimum Gasteiger partial charge on any atom is -0.384 e. The Morgan fingerprint density at radius 2 is 2.33 bits per heavy atom. The van der Waals surface area contributed by atoms with Gasteiger partial charge in [-0.2, -0.15) is 11.8 Å². The van der Waals surface area contributed by atoms with Crippen LogP contribution in [0.4, 0.5) is 5.82 Å². The van der Waals surface area contributed by atoms with Gasteiger partial charge in [-0.3, -0.25) is 0 Å². The summed E-state index contributed by atoms with van der Waals surface area (Å²) in [6, 6.07) is 4.26. The Balaban J connectivity index is 2.27. The van der Waals surface area contributed by atoms with Crippen LogP contribution in [0, 0.1) is 0 Å². The predicted octanol–water partition coefficient (Wildman–Crippen LogP) is 2.84. The molecule has 0 amide bonds. The summed E-state index contributed by atoms with van der Waals surface area (Å²) in [7, 11) is 0. The highest BCUT2D eigenvalue weighted by atomic mass is 32.2. The molecular weight excluding hydrogens is 244 g/mol. The lowest BCUT2D eigenvalue weighted by molar-refractivity contribution is 0.615. The van der Waals surface area contributed by atoms with Crippen molar-refractivity contribution in [3.63, 3.8) is 0 Å². The molecule has 96 valence electrons. The maximum Gasteiger partial charge on any atom is 0.123 e. The Morgan fingerprint density at radius 3 is 3.06 bits per heavy atom. The van der Waals surface area contributed by atoms with Gasteiger partial charge in [-0.25, -0.2) is 9.97 Å². The van der Waals surface area contributed by atoms with Gasteiger partial charge in [-0.15, -0.1) is 0 Å². The number of anilines is 1. The summed E-state index contributed by atoms with van der Waals surface area (Å²) >= 11 is 1.94. The van der Waals surface area contributed by atoms with E-state index in [1.807, 2.05) is 36.4 Å². The summed E-state index contributed by atoms with van der Waals surface area (Å²) in [6.07, 6.45) is 5.49. The average molecular weight is 262 g/mol. The van der Waals surface area contributed by atoms with E-state index in [-0.39, 0.29) is 0 Å². The average Bonchev–Trinajstić information content (AvgIpc) is 2.85. The van der Waals surface area contributed by atoms with Crippen LogP contribution in [-0.4, -0.2) is 26.0 Å². The molecule has 0 bridgehead atoms. The van der Waals surface area contributed by atoms with Crippen LogP contribution in [0.5, 0.6) is 0 Å². The van der Waals surface area contributed by atoms with Gasteiger partial charge in [0.05, 0.1) is 18.2 Å². The first-order valence-electron chi connectivity index (χ1n) is 6.03. The van der Waals surface area contributed by atoms with Gasteiger partial charge in [0.15, 0.2) is 0 Å². The molecule has 2 rings (SSSR count). The maximum atomic E-state index is 5.73. The molecule has 2 aromatic rings. The summed E-state index contributed by atoms with van der Waals surface area (Å²) < 4.78 is 2.19. The fraction of sp³-hybridized carbons (Fsp3) is 0.385. The first kappa shape index (κ1) is 13.0. The zero-order valence-electron chi connectivity index (χ0n) is 10.7. The molecule has 0 fully saturated rings. The van der Waals surface area contributed by atoms with Crippen LogP contribution in [-0.2, 0) is 0 Å². The fourth-order valence-corrected chi connectivity index (χ4v) is 2.59. The lowest BCUT2D eigenvalue weighted by atomic mass is 10.2. The third kappa shape index (κ3) is 2.85. The summed E-state index contributed by atoms with van der Waals surface area (Å²) in [5.74, 6) is 2.76. The van der Waals surface area contributed by atoms with Gasteiger partial charge >= 0.3 is 0 Å². The molecule has 2 N–H and O–H groups in total. The Bertz CT molecular complexity index is 509. The van der Waals surface area contributed by atoms with E-state index in [1.165, 1.54) is 0 Å². The molecule has 18 heavy (non-hydrogen) atoms. The van der Waals surface area contributed by atoms with E-state index >= 15 is 0 Å². The van der Waals surface area contributed by atoms with Crippen molar-refractivity contribution in [3.05, 3.63) is 30.9 Å². The van der Waals surface area contributed by atoms with E-state index in [1.54, 1.807) is 6.20 Å². The minimum atomic E-state index is 0.418. The van der Waals surface area contributed by atoms with E-state index in [4.69, 9.17) is 5.73 Å². The molecule has 5 heteroatoms. The summed E-state index contributed by atoms with van der Waals surface area (Å²) in [4.78, 5) is 8.27. The van der Waals surface area contributed by atoms with Gasteiger partial charge in [0.2, 0.25) is 0 Å². The number of thioether (sulfide) groups is 1. The summed E-state index contributed by atoms with van der Waals surface area (Å²) in [5, 5.41) is 0. The zero-order valence-corrected chi connectivity index (χ0v) is 11.5. The number of imidazole rings is 1. The molecule has 0 radical (unpaired) electrons. The number of nitrogens with two attached hydrogens (primary N) is 1. The van der Waals surface area contributed by atoms with Crippen LogP contribution in [0.1, 0.15) is 19.9 Å². The molecule has 0 saturated carbocycles. The number of aromatic nitrogens is 3. The van der Waals surface area contributed by atoms with Gasteiger partial charge in [0.25, 0.3) is 0 Å². The number of hydrogen-bond donors (Lipinski definition) is 1. The highest BCUT2D eigenvalue weighted by molar-refractivity contribution is 7.99. The third-order valence-electron chi connectivity index (χ3n) is 2.78. The lowest BCUT2D eigenvalue weighted by Crippen LogP contribution is -2.08. The van der Waals surface area contributed by atoms with Gasteiger partial charge in [0, 0.05) is 23.6 Å². The van der Waals surface area contributed by atoms with Gasteiger partial charge < -0.3 is 10.3 Å². The molecular formula is C13H18N4S. The molecule has 0 spiro atoms. The number of pyridine rings is 1. The summed E-state index contributed by atoms with van der Waals surface area (Å²) in [6.45, 7) is 4.38. The Hall–Kier alpha value is -1.49. The van der Waals surface area contributed by atoms with Crippen LogP contribution >= 0.6 is 11.8 Å². The molecule has 0 aliphatic rings. The lowest BCUT2D eigenvalue weighted by Gasteiger charge is -2.16. The second-order valence-electron chi connectivity index (χ2n) is 4.16. The Morgan fingerprint density at radius 1 is 1.50 bits per heavy atom. The molecule has 0 saturated heterocycles. The summed E-state index contributed by atoms with van der Waals surface area (Å²) in [5.41, 5.74) is 7.88. The quantitative estimate of drug-likeness (QED) is 0.900.